The number of amides is 3. The van der Waals surface area contributed by atoms with E-state index < -0.39 is 9.84 Å². The summed E-state index contributed by atoms with van der Waals surface area (Å²) in [5, 5.41) is 2.74. The predicted molar refractivity (Wildman–Crippen MR) is 107 cm³/mol. The maximum Gasteiger partial charge on any atom is 0.251 e. The largest absolute Gasteiger partial charge is 0.352 e. The number of hydrogen-bond donors (Lipinski definition) is 1. The number of hydrogen-bond acceptors (Lipinski definition) is 5. The van der Waals surface area contributed by atoms with E-state index in [0.29, 0.717) is 30.6 Å². The van der Waals surface area contributed by atoms with Gasteiger partial charge in [0.05, 0.1) is 10.6 Å². The molecule has 1 fully saturated rings. The maximum atomic E-state index is 12.4. The predicted octanol–water partition coefficient (Wildman–Crippen LogP) is 1.93. The van der Waals surface area contributed by atoms with E-state index in [1.165, 1.54) is 4.90 Å². The molecule has 3 rings (SSSR count). The minimum absolute atomic E-state index is 0.142. The van der Waals surface area contributed by atoms with Crippen molar-refractivity contribution >= 4 is 27.6 Å². The fourth-order valence-electron chi connectivity index (χ4n) is 3.10. The number of rotatable bonds is 8. The highest BCUT2D eigenvalue weighted by atomic mass is 32.2. The quantitative estimate of drug-likeness (QED) is 0.525. The summed E-state index contributed by atoms with van der Waals surface area (Å²) in [4.78, 5) is 36.8. The minimum atomic E-state index is -3.44. The molecule has 1 N–H and O–H groups in total. The van der Waals surface area contributed by atoms with Gasteiger partial charge in [-0.15, -0.1) is 0 Å². The van der Waals surface area contributed by atoms with Crippen molar-refractivity contribution in [3.05, 3.63) is 65.7 Å². The molecule has 0 aliphatic carbocycles. The lowest BCUT2D eigenvalue weighted by atomic mass is 10.1. The molecule has 1 aliphatic heterocycles. The van der Waals surface area contributed by atoms with Crippen molar-refractivity contribution in [3.8, 4) is 0 Å². The average molecular weight is 414 g/mol. The van der Waals surface area contributed by atoms with Crippen LogP contribution in [0.5, 0.6) is 0 Å². The van der Waals surface area contributed by atoms with Gasteiger partial charge < -0.3 is 5.32 Å². The molecular weight excluding hydrogens is 392 g/mol. The van der Waals surface area contributed by atoms with Crippen LogP contribution in [0.3, 0.4) is 0 Å². The summed E-state index contributed by atoms with van der Waals surface area (Å²) < 4.78 is 24.8. The molecule has 2 aromatic rings. The number of nitrogens with one attached hydrogen (secondary N) is 1. The topological polar surface area (TPSA) is 101 Å². The lowest BCUT2D eigenvalue weighted by Crippen LogP contribution is -2.33. The summed E-state index contributed by atoms with van der Waals surface area (Å²) in [7, 11) is -3.44. The van der Waals surface area contributed by atoms with Gasteiger partial charge in [-0.25, -0.2) is 8.42 Å². The number of nitrogens with zero attached hydrogens (tertiary/aromatic N) is 1. The summed E-state index contributed by atoms with van der Waals surface area (Å²) in [6, 6.07) is 14.6. The molecule has 8 heteroatoms. The Hall–Kier alpha value is -3.00. The molecule has 0 unspecified atom stereocenters. The second-order valence-corrected chi connectivity index (χ2v) is 8.81. The minimum Gasteiger partial charge on any atom is -0.352 e. The summed E-state index contributed by atoms with van der Waals surface area (Å²) in [6.45, 7) is 0.633. The molecule has 0 spiro atoms. The van der Waals surface area contributed by atoms with E-state index in [0.717, 1.165) is 0 Å². The molecule has 0 bridgehead atoms. The first-order valence-corrected chi connectivity index (χ1v) is 11.0. The van der Waals surface area contributed by atoms with Crippen LogP contribution in [0.2, 0.25) is 0 Å². The van der Waals surface area contributed by atoms with Crippen molar-refractivity contribution in [1.82, 2.24) is 10.2 Å². The molecule has 1 saturated heterocycles. The smallest absolute Gasteiger partial charge is 0.251 e. The SMILES string of the molecule is O=C(NCCCN1C(=O)CCC1=O)c1ccc(CS(=O)(=O)c2ccccc2)cc1. The summed E-state index contributed by atoms with van der Waals surface area (Å²) in [5.74, 6) is -0.761. The number of benzene rings is 2. The third kappa shape index (κ3) is 5.29. The first-order valence-electron chi connectivity index (χ1n) is 9.35. The zero-order chi connectivity index (χ0) is 20.9. The molecule has 0 aromatic heterocycles. The Bertz CT molecular complexity index is 985. The van der Waals surface area contributed by atoms with Gasteiger partial charge in [-0.05, 0) is 36.2 Å². The normalized spacial score (nSPS) is 14.3. The molecule has 29 heavy (non-hydrogen) atoms. The van der Waals surface area contributed by atoms with Crippen LogP contribution in [0.15, 0.2) is 59.5 Å². The van der Waals surface area contributed by atoms with E-state index in [-0.39, 0.29) is 41.2 Å². The van der Waals surface area contributed by atoms with Gasteiger partial charge in [-0.2, -0.15) is 0 Å². The Morgan fingerprint density at radius 1 is 0.931 bits per heavy atom. The van der Waals surface area contributed by atoms with Crippen molar-refractivity contribution in [2.24, 2.45) is 0 Å². The van der Waals surface area contributed by atoms with Crippen molar-refractivity contribution < 1.29 is 22.8 Å². The van der Waals surface area contributed by atoms with E-state index >= 15 is 0 Å². The Morgan fingerprint density at radius 3 is 2.17 bits per heavy atom. The first kappa shape index (κ1) is 20.7. The van der Waals surface area contributed by atoms with Crippen LogP contribution in [0.1, 0.15) is 35.2 Å². The highest BCUT2D eigenvalue weighted by Crippen LogP contribution is 2.16. The van der Waals surface area contributed by atoms with Gasteiger partial charge in [-0.1, -0.05) is 30.3 Å². The van der Waals surface area contributed by atoms with E-state index in [4.69, 9.17) is 0 Å². The van der Waals surface area contributed by atoms with Crippen molar-refractivity contribution in [2.45, 2.75) is 29.9 Å². The van der Waals surface area contributed by atoms with Crippen LogP contribution in [0.25, 0.3) is 0 Å². The van der Waals surface area contributed by atoms with Gasteiger partial charge in [0.1, 0.15) is 0 Å². The van der Waals surface area contributed by atoms with Gasteiger partial charge in [0, 0.05) is 31.5 Å². The second-order valence-electron chi connectivity index (χ2n) is 6.82. The molecule has 0 atom stereocenters. The summed E-state index contributed by atoms with van der Waals surface area (Å²) in [6.07, 6.45) is 1.01. The van der Waals surface area contributed by atoms with Crippen LogP contribution in [-0.2, 0) is 25.2 Å². The van der Waals surface area contributed by atoms with Crippen LogP contribution >= 0.6 is 0 Å². The molecule has 1 heterocycles. The maximum absolute atomic E-state index is 12.4. The fraction of sp³-hybridized carbons (Fsp3) is 0.286. The highest BCUT2D eigenvalue weighted by molar-refractivity contribution is 7.90. The van der Waals surface area contributed by atoms with E-state index in [1.807, 2.05) is 0 Å². The Balaban J connectivity index is 1.50. The van der Waals surface area contributed by atoms with Crippen molar-refractivity contribution in [1.29, 1.82) is 0 Å². The number of likely N-dealkylation sites (tertiary alicyclic amines) is 1. The molecule has 7 nitrogen and oxygen atoms in total. The molecule has 1 aliphatic rings. The number of carbonyl (C=O) groups is 3. The van der Waals surface area contributed by atoms with Crippen molar-refractivity contribution in [2.75, 3.05) is 13.1 Å². The molecule has 0 saturated carbocycles. The Kier molecular flexibility index (Phi) is 6.43. The molecular formula is C21H22N2O5S. The lowest BCUT2D eigenvalue weighted by Gasteiger charge is -2.13. The molecule has 0 radical (unpaired) electrons. The van der Waals surface area contributed by atoms with Crippen LogP contribution in [0, 0.1) is 0 Å². The van der Waals surface area contributed by atoms with Crippen LogP contribution in [0.4, 0.5) is 0 Å². The van der Waals surface area contributed by atoms with E-state index in [1.54, 1.807) is 54.6 Å². The third-order valence-corrected chi connectivity index (χ3v) is 6.38. The third-order valence-electron chi connectivity index (χ3n) is 4.67. The van der Waals surface area contributed by atoms with E-state index in [9.17, 15) is 22.8 Å². The van der Waals surface area contributed by atoms with Gasteiger partial charge in [0.25, 0.3) is 5.91 Å². The average Bonchev–Trinajstić information content (AvgIpc) is 3.04. The van der Waals surface area contributed by atoms with Gasteiger partial charge >= 0.3 is 0 Å². The number of sulfone groups is 1. The van der Waals surface area contributed by atoms with E-state index in [2.05, 4.69) is 5.32 Å². The molecule has 152 valence electrons. The van der Waals surface area contributed by atoms with Gasteiger partial charge in [0.15, 0.2) is 9.84 Å². The summed E-state index contributed by atoms with van der Waals surface area (Å²) >= 11 is 0. The van der Waals surface area contributed by atoms with Crippen molar-refractivity contribution in [3.63, 3.8) is 0 Å². The van der Waals surface area contributed by atoms with Crippen LogP contribution < -0.4 is 5.32 Å². The Morgan fingerprint density at radius 2 is 1.55 bits per heavy atom. The number of carbonyl (C=O) groups excluding carboxylic acids is 3. The molecule has 2 aromatic carbocycles. The first-order chi connectivity index (χ1) is 13.9. The zero-order valence-electron chi connectivity index (χ0n) is 15.8. The zero-order valence-corrected chi connectivity index (χ0v) is 16.7. The van der Waals surface area contributed by atoms with Gasteiger partial charge in [0.2, 0.25) is 11.8 Å². The number of imide groups is 1. The second kappa shape index (κ2) is 9.00. The van der Waals surface area contributed by atoms with Crippen LogP contribution in [-0.4, -0.2) is 44.1 Å². The summed E-state index contributed by atoms with van der Waals surface area (Å²) in [5.41, 5.74) is 1.01. The standard InChI is InChI=1S/C21H22N2O5S/c24-19-11-12-20(25)23(19)14-4-13-22-21(26)17-9-7-16(8-10-17)15-29(27,28)18-5-2-1-3-6-18/h1-3,5-10H,4,11-15H2,(H,22,26). The monoisotopic (exact) mass is 414 g/mol. The lowest BCUT2D eigenvalue weighted by molar-refractivity contribution is -0.138. The fourth-order valence-corrected chi connectivity index (χ4v) is 4.47. The Labute approximate surface area is 169 Å². The molecule has 3 amide bonds. The van der Waals surface area contributed by atoms with Gasteiger partial charge in [-0.3, -0.25) is 19.3 Å². The highest BCUT2D eigenvalue weighted by Gasteiger charge is 2.27.